The molecule has 2 rings (SSSR count). The highest BCUT2D eigenvalue weighted by Crippen LogP contribution is 2.42. The Morgan fingerprint density at radius 3 is 2.77 bits per heavy atom. The van der Waals surface area contributed by atoms with Gasteiger partial charge < -0.3 is 5.11 Å². The number of Topliss-reactive ketones (excluding diaryl/α,β-unsaturated/α-hetero) is 1. The molecule has 2 aliphatic rings. The smallest absolute Gasteiger partial charge is 0.138 e. The Morgan fingerprint density at radius 1 is 1.23 bits per heavy atom. The van der Waals surface area contributed by atoms with E-state index in [1.54, 1.807) is 0 Å². The summed E-state index contributed by atoms with van der Waals surface area (Å²) in [6.07, 6.45) is 6.83. The van der Waals surface area contributed by atoms with E-state index in [9.17, 15) is 9.90 Å². The van der Waals surface area contributed by atoms with Crippen molar-refractivity contribution in [3.63, 3.8) is 0 Å². The Kier molecular flexibility index (Phi) is 2.68. The fraction of sp³-hybridized carbons (Fsp3) is 0.909. The highest BCUT2D eigenvalue weighted by molar-refractivity contribution is 5.82. The van der Waals surface area contributed by atoms with Gasteiger partial charge in [0.1, 0.15) is 5.78 Å². The molecule has 0 radical (unpaired) electrons. The number of hydrogen-bond donors (Lipinski definition) is 1. The van der Waals surface area contributed by atoms with Gasteiger partial charge in [-0.3, -0.25) is 4.79 Å². The molecule has 2 saturated carbocycles. The summed E-state index contributed by atoms with van der Waals surface area (Å²) in [5.74, 6) is 1.55. The van der Waals surface area contributed by atoms with E-state index in [1.807, 2.05) is 0 Å². The second-order valence-electron chi connectivity index (χ2n) is 4.50. The molecule has 74 valence electrons. The van der Waals surface area contributed by atoms with Gasteiger partial charge in [-0.05, 0) is 24.7 Å². The third kappa shape index (κ3) is 1.64. The van der Waals surface area contributed by atoms with Crippen molar-refractivity contribution >= 4 is 5.78 Å². The SMILES string of the molecule is O=C1CCC2CCCCC2C1CO. The standard InChI is InChI=1S/C11H18O2/c12-7-10-9-4-2-1-3-8(9)5-6-11(10)13/h8-10,12H,1-7H2. The summed E-state index contributed by atoms with van der Waals surface area (Å²) < 4.78 is 0. The zero-order chi connectivity index (χ0) is 9.26. The molecule has 13 heavy (non-hydrogen) atoms. The fourth-order valence-corrected chi connectivity index (χ4v) is 3.11. The van der Waals surface area contributed by atoms with Gasteiger partial charge in [0.05, 0.1) is 6.61 Å². The first-order valence-electron chi connectivity index (χ1n) is 5.46. The maximum Gasteiger partial charge on any atom is 0.138 e. The number of ketones is 1. The molecular formula is C11H18O2. The highest BCUT2D eigenvalue weighted by Gasteiger charge is 2.38. The minimum absolute atomic E-state index is 0.0148. The molecule has 0 bridgehead atoms. The quantitative estimate of drug-likeness (QED) is 0.671. The van der Waals surface area contributed by atoms with Gasteiger partial charge in [-0.2, -0.15) is 0 Å². The van der Waals surface area contributed by atoms with Gasteiger partial charge in [0.2, 0.25) is 0 Å². The largest absolute Gasteiger partial charge is 0.396 e. The van der Waals surface area contributed by atoms with Gasteiger partial charge in [0, 0.05) is 12.3 Å². The van der Waals surface area contributed by atoms with Gasteiger partial charge in [0.15, 0.2) is 0 Å². The Morgan fingerprint density at radius 2 is 2.00 bits per heavy atom. The van der Waals surface area contributed by atoms with Crippen molar-refractivity contribution in [2.75, 3.05) is 6.61 Å². The first kappa shape index (κ1) is 9.20. The van der Waals surface area contributed by atoms with Gasteiger partial charge in [-0.25, -0.2) is 0 Å². The number of fused-ring (bicyclic) bond motifs is 1. The molecule has 2 heteroatoms. The Hall–Kier alpha value is -0.370. The lowest BCUT2D eigenvalue weighted by atomic mass is 9.65. The van der Waals surface area contributed by atoms with E-state index in [-0.39, 0.29) is 12.5 Å². The molecule has 2 nitrogen and oxygen atoms in total. The van der Waals surface area contributed by atoms with Crippen LogP contribution in [-0.2, 0) is 4.79 Å². The lowest BCUT2D eigenvalue weighted by Gasteiger charge is -2.39. The normalized spacial score (nSPS) is 40.1. The maximum atomic E-state index is 11.5. The van der Waals surface area contributed by atoms with Crippen LogP contribution in [0.15, 0.2) is 0 Å². The summed E-state index contributed by atoms with van der Waals surface area (Å²) in [7, 11) is 0. The summed E-state index contributed by atoms with van der Waals surface area (Å²) in [4.78, 5) is 11.5. The van der Waals surface area contributed by atoms with Crippen molar-refractivity contribution in [2.45, 2.75) is 38.5 Å². The van der Waals surface area contributed by atoms with E-state index in [1.165, 1.54) is 25.7 Å². The van der Waals surface area contributed by atoms with Crippen LogP contribution >= 0.6 is 0 Å². The molecule has 0 amide bonds. The van der Waals surface area contributed by atoms with E-state index < -0.39 is 0 Å². The minimum Gasteiger partial charge on any atom is -0.396 e. The molecule has 0 spiro atoms. The van der Waals surface area contributed by atoms with Gasteiger partial charge in [-0.1, -0.05) is 19.3 Å². The maximum absolute atomic E-state index is 11.5. The van der Waals surface area contributed by atoms with Crippen LogP contribution in [0.3, 0.4) is 0 Å². The number of rotatable bonds is 1. The number of aliphatic hydroxyl groups excluding tert-OH is 1. The summed E-state index contributed by atoms with van der Waals surface area (Å²) in [6, 6.07) is 0. The number of carbonyl (C=O) groups excluding carboxylic acids is 1. The summed E-state index contributed by atoms with van der Waals surface area (Å²) >= 11 is 0. The molecule has 2 aliphatic carbocycles. The highest BCUT2D eigenvalue weighted by atomic mass is 16.3. The molecule has 0 aromatic carbocycles. The van der Waals surface area contributed by atoms with Crippen LogP contribution in [0.1, 0.15) is 38.5 Å². The van der Waals surface area contributed by atoms with E-state index in [2.05, 4.69) is 0 Å². The fourth-order valence-electron chi connectivity index (χ4n) is 3.11. The molecule has 0 saturated heterocycles. The van der Waals surface area contributed by atoms with Gasteiger partial charge in [-0.15, -0.1) is 0 Å². The first-order chi connectivity index (χ1) is 6.33. The predicted molar refractivity (Wildman–Crippen MR) is 50.3 cm³/mol. The van der Waals surface area contributed by atoms with Crippen LogP contribution in [0, 0.1) is 17.8 Å². The third-order valence-corrected chi connectivity index (χ3v) is 3.86. The molecule has 1 N–H and O–H groups in total. The van der Waals surface area contributed by atoms with Crippen molar-refractivity contribution in [3.05, 3.63) is 0 Å². The lowest BCUT2D eigenvalue weighted by Crippen LogP contribution is -2.38. The average Bonchev–Trinajstić information content (AvgIpc) is 2.18. The molecular weight excluding hydrogens is 164 g/mol. The van der Waals surface area contributed by atoms with Crippen LogP contribution in [0.2, 0.25) is 0 Å². The second kappa shape index (κ2) is 3.79. The van der Waals surface area contributed by atoms with Crippen LogP contribution in [0.25, 0.3) is 0 Å². The summed E-state index contributed by atoms with van der Waals surface area (Å²) in [5.41, 5.74) is 0. The number of hydrogen-bond acceptors (Lipinski definition) is 2. The van der Waals surface area contributed by atoms with Crippen molar-refractivity contribution in [3.8, 4) is 0 Å². The summed E-state index contributed by atoms with van der Waals surface area (Å²) in [5, 5.41) is 9.18. The van der Waals surface area contributed by atoms with Crippen LogP contribution in [-0.4, -0.2) is 17.5 Å². The van der Waals surface area contributed by atoms with Gasteiger partial charge >= 0.3 is 0 Å². The Balaban J connectivity index is 2.09. The zero-order valence-corrected chi connectivity index (χ0v) is 8.04. The topological polar surface area (TPSA) is 37.3 Å². The first-order valence-corrected chi connectivity index (χ1v) is 5.46. The molecule has 3 unspecified atom stereocenters. The van der Waals surface area contributed by atoms with Crippen molar-refractivity contribution < 1.29 is 9.90 Å². The molecule has 3 atom stereocenters. The molecule has 0 aliphatic heterocycles. The molecule has 0 heterocycles. The average molecular weight is 182 g/mol. The van der Waals surface area contributed by atoms with Crippen molar-refractivity contribution in [1.82, 2.24) is 0 Å². The monoisotopic (exact) mass is 182 g/mol. The molecule has 2 fully saturated rings. The Labute approximate surface area is 79.3 Å². The summed E-state index contributed by atoms with van der Waals surface area (Å²) in [6.45, 7) is 0.0833. The lowest BCUT2D eigenvalue weighted by molar-refractivity contribution is -0.131. The molecule has 0 aromatic heterocycles. The number of aliphatic hydroxyl groups is 1. The molecule has 0 aromatic rings. The predicted octanol–water partition coefficient (Wildman–Crippen LogP) is 1.76. The minimum atomic E-state index is -0.0148. The van der Waals surface area contributed by atoms with Gasteiger partial charge in [0.25, 0.3) is 0 Å². The van der Waals surface area contributed by atoms with E-state index in [4.69, 9.17) is 0 Å². The van der Waals surface area contributed by atoms with E-state index in [0.29, 0.717) is 18.1 Å². The van der Waals surface area contributed by atoms with Crippen LogP contribution < -0.4 is 0 Å². The van der Waals surface area contributed by atoms with E-state index >= 15 is 0 Å². The third-order valence-electron chi connectivity index (χ3n) is 3.86. The zero-order valence-electron chi connectivity index (χ0n) is 8.04. The second-order valence-corrected chi connectivity index (χ2v) is 4.50. The van der Waals surface area contributed by atoms with Crippen LogP contribution in [0.5, 0.6) is 0 Å². The van der Waals surface area contributed by atoms with Crippen molar-refractivity contribution in [1.29, 1.82) is 0 Å². The van der Waals surface area contributed by atoms with E-state index in [0.717, 1.165) is 12.3 Å². The number of carbonyl (C=O) groups is 1. The van der Waals surface area contributed by atoms with Crippen molar-refractivity contribution in [2.24, 2.45) is 17.8 Å². The Bertz CT molecular complexity index is 200. The van der Waals surface area contributed by atoms with Crippen LogP contribution in [0.4, 0.5) is 0 Å².